The first-order valence-corrected chi connectivity index (χ1v) is 6.46. The van der Waals surface area contributed by atoms with Gasteiger partial charge in [-0.2, -0.15) is 0 Å². The van der Waals surface area contributed by atoms with Crippen molar-refractivity contribution in [2.45, 2.75) is 19.8 Å². The number of hydrogen-bond acceptors (Lipinski definition) is 3. The first-order valence-electron chi connectivity index (χ1n) is 6.46. The van der Waals surface area contributed by atoms with Crippen LogP contribution in [0.3, 0.4) is 0 Å². The molecule has 104 valence electrons. The van der Waals surface area contributed by atoms with E-state index in [4.69, 9.17) is 9.47 Å². The summed E-state index contributed by atoms with van der Waals surface area (Å²) in [4.78, 5) is 0. The van der Waals surface area contributed by atoms with Crippen LogP contribution in [0.2, 0.25) is 0 Å². The molecule has 0 aliphatic carbocycles. The van der Waals surface area contributed by atoms with Gasteiger partial charge in [-0.1, -0.05) is 36.9 Å². The lowest BCUT2D eigenvalue weighted by Crippen LogP contribution is -2.16. The highest BCUT2D eigenvalue weighted by Crippen LogP contribution is 2.16. The van der Waals surface area contributed by atoms with Crippen LogP contribution in [0.25, 0.3) is 6.08 Å². The van der Waals surface area contributed by atoms with E-state index in [1.165, 1.54) is 0 Å². The number of phenolic OH excluding ortho intramolecular Hbond substituents is 1. The van der Waals surface area contributed by atoms with Crippen molar-refractivity contribution in [1.82, 2.24) is 0 Å². The molecule has 0 bridgehead atoms. The molecule has 20 heavy (non-hydrogen) atoms. The molecular weight excluding hydrogens is 252 g/mol. The van der Waals surface area contributed by atoms with Crippen molar-refractivity contribution in [3.05, 3.63) is 66.2 Å². The Kier molecular flexibility index (Phi) is 4.80. The third kappa shape index (κ3) is 4.14. The van der Waals surface area contributed by atoms with E-state index in [-0.39, 0.29) is 12.0 Å². The summed E-state index contributed by atoms with van der Waals surface area (Å²) in [5.41, 5.74) is 2.04. The molecule has 2 rings (SSSR count). The summed E-state index contributed by atoms with van der Waals surface area (Å²) in [6, 6.07) is 14.6. The Hall–Kier alpha value is -2.26. The molecule has 0 aliphatic rings. The van der Waals surface area contributed by atoms with Crippen LogP contribution in [-0.2, 0) is 11.3 Å². The second-order valence-corrected chi connectivity index (χ2v) is 4.44. The van der Waals surface area contributed by atoms with E-state index >= 15 is 0 Å². The summed E-state index contributed by atoms with van der Waals surface area (Å²) >= 11 is 0. The predicted octanol–water partition coefficient (Wildman–Crippen LogP) is 3.98. The molecule has 3 heteroatoms. The minimum absolute atomic E-state index is 0.250. The maximum Gasteiger partial charge on any atom is 0.197 e. The lowest BCUT2D eigenvalue weighted by atomic mass is 10.2. The summed E-state index contributed by atoms with van der Waals surface area (Å²) in [5, 5.41) is 9.20. The fourth-order valence-corrected chi connectivity index (χ4v) is 1.71. The van der Waals surface area contributed by atoms with Gasteiger partial charge in [-0.15, -0.1) is 0 Å². The SMILES string of the molecule is C=Cc1ccc(OC(C)OCc2ccc(O)cc2)cc1. The zero-order valence-corrected chi connectivity index (χ0v) is 11.5. The van der Waals surface area contributed by atoms with Crippen molar-refractivity contribution >= 4 is 6.08 Å². The highest BCUT2D eigenvalue weighted by Gasteiger charge is 2.04. The van der Waals surface area contributed by atoms with Gasteiger partial charge in [0.15, 0.2) is 6.29 Å². The molecule has 2 aromatic rings. The second kappa shape index (κ2) is 6.78. The van der Waals surface area contributed by atoms with Gasteiger partial charge in [-0.3, -0.25) is 0 Å². The van der Waals surface area contributed by atoms with E-state index in [0.717, 1.165) is 16.9 Å². The minimum Gasteiger partial charge on any atom is -0.508 e. The van der Waals surface area contributed by atoms with E-state index in [1.54, 1.807) is 18.2 Å². The highest BCUT2D eigenvalue weighted by molar-refractivity contribution is 5.48. The molecular formula is C17H18O3. The van der Waals surface area contributed by atoms with Crippen molar-refractivity contribution in [2.75, 3.05) is 0 Å². The van der Waals surface area contributed by atoms with Crippen LogP contribution in [-0.4, -0.2) is 11.4 Å². The molecule has 0 saturated carbocycles. The maximum atomic E-state index is 9.20. The van der Waals surface area contributed by atoms with Crippen LogP contribution in [0, 0.1) is 0 Å². The molecule has 3 nitrogen and oxygen atoms in total. The number of aromatic hydroxyl groups is 1. The predicted molar refractivity (Wildman–Crippen MR) is 79.5 cm³/mol. The van der Waals surface area contributed by atoms with E-state index in [2.05, 4.69) is 6.58 Å². The molecule has 0 heterocycles. The zero-order valence-electron chi connectivity index (χ0n) is 11.5. The molecule has 1 unspecified atom stereocenters. The van der Waals surface area contributed by atoms with Crippen LogP contribution < -0.4 is 4.74 Å². The third-order valence-corrected chi connectivity index (χ3v) is 2.84. The summed E-state index contributed by atoms with van der Waals surface area (Å²) in [6.07, 6.45) is 1.44. The molecule has 1 atom stereocenters. The lowest BCUT2D eigenvalue weighted by Gasteiger charge is -2.15. The minimum atomic E-state index is -0.349. The van der Waals surface area contributed by atoms with Gasteiger partial charge in [0, 0.05) is 0 Å². The Bertz CT molecular complexity index is 543. The molecule has 0 radical (unpaired) electrons. The van der Waals surface area contributed by atoms with Gasteiger partial charge in [-0.25, -0.2) is 0 Å². The monoisotopic (exact) mass is 270 g/mol. The summed E-state index contributed by atoms with van der Waals surface area (Å²) < 4.78 is 11.3. The summed E-state index contributed by atoms with van der Waals surface area (Å²) in [7, 11) is 0. The zero-order chi connectivity index (χ0) is 14.4. The van der Waals surface area contributed by atoms with Gasteiger partial charge in [0.05, 0.1) is 6.61 Å². The highest BCUT2D eigenvalue weighted by atomic mass is 16.7. The smallest absolute Gasteiger partial charge is 0.197 e. The third-order valence-electron chi connectivity index (χ3n) is 2.84. The standard InChI is InChI=1S/C17H18O3/c1-3-14-6-10-17(11-7-14)20-13(2)19-12-15-4-8-16(18)9-5-15/h3-11,13,18H,1,12H2,2H3. The molecule has 0 aliphatic heterocycles. The van der Waals surface area contributed by atoms with Crippen LogP contribution in [0.5, 0.6) is 11.5 Å². The van der Waals surface area contributed by atoms with E-state index in [1.807, 2.05) is 43.3 Å². The fourth-order valence-electron chi connectivity index (χ4n) is 1.71. The lowest BCUT2D eigenvalue weighted by molar-refractivity contribution is -0.0759. The number of phenols is 1. The topological polar surface area (TPSA) is 38.7 Å². The quantitative estimate of drug-likeness (QED) is 0.807. The van der Waals surface area contributed by atoms with E-state index in [9.17, 15) is 5.11 Å². The van der Waals surface area contributed by atoms with Gasteiger partial charge >= 0.3 is 0 Å². The Morgan fingerprint density at radius 1 is 1.10 bits per heavy atom. The Morgan fingerprint density at radius 2 is 1.75 bits per heavy atom. The first kappa shape index (κ1) is 14.2. The van der Waals surface area contributed by atoms with Crippen LogP contribution in [0.4, 0.5) is 0 Å². The van der Waals surface area contributed by atoms with Gasteiger partial charge in [0.2, 0.25) is 0 Å². The molecule has 0 fully saturated rings. The van der Waals surface area contributed by atoms with Crippen LogP contribution in [0.15, 0.2) is 55.1 Å². The Balaban J connectivity index is 1.83. The van der Waals surface area contributed by atoms with Gasteiger partial charge in [-0.05, 0) is 42.3 Å². The largest absolute Gasteiger partial charge is 0.508 e. The van der Waals surface area contributed by atoms with Gasteiger partial charge in [0.25, 0.3) is 0 Å². The number of rotatable bonds is 6. The molecule has 0 amide bonds. The number of hydrogen-bond donors (Lipinski definition) is 1. The van der Waals surface area contributed by atoms with Crippen molar-refractivity contribution in [3.8, 4) is 11.5 Å². The van der Waals surface area contributed by atoms with Gasteiger partial charge in [0.1, 0.15) is 11.5 Å². The molecule has 0 aromatic heterocycles. The molecule has 2 aromatic carbocycles. The van der Waals surface area contributed by atoms with Crippen molar-refractivity contribution < 1.29 is 14.6 Å². The Morgan fingerprint density at radius 3 is 2.35 bits per heavy atom. The first-order chi connectivity index (χ1) is 9.67. The fraction of sp³-hybridized carbons (Fsp3) is 0.176. The van der Waals surface area contributed by atoms with E-state index in [0.29, 0.717) is 6.61 Å². The molecule has 0 spiro atoms. The van der Waals surface area contributed by atoms with Crippen LogP contribution in [0.1, 0.15) is 18.1 Å². The van der Waals surface area contributed by atoms with Gasteiger partial charge < -0.3 is 14.6 Å². The summed E-state index contributed by atoms with van der Waals surface area (Å²) in [6.45, 7) is 5.99. The summed E-state index contributed by atoms with van der Waals surface area (Å²) in [5.74, 6) is 1.01. The Labute approximate surface area is 119 Å². The average Bonchev–Trinajstić information content (AvgIpc) is 2.47. The number of benzene rings is 2. The van der Waals surface area contributed by atoms with Crippen LogP contribution >= 0.6 is 0 Å². The molecule has 0 saturated heterocycles. The maximum absolute atomic E-state index is 9.20. The average molecular weight is 270 g/mol. The second-order valence-electron chi connectivity index (χ2n) is 4.44. The molecule has 1 N–H and O–H groups in total. The van der Waals surface area contributed by atoms with Crippen molar-refractivity contribution in [1.29, 1.82) is 0 Å². The van der Waals surface area contributed by atoms with E-state index < -0.39 is 0 Å². The van der Waals surface area contributed by atoms with Crippen molar-refractivity contribution in [3.63, 3.8) is 0 Å². The normalized spacial score (nSPS) is 11.8. The number of ether oxygens (including phenoxy) is 2. The van der Waals surface area contributed by atoms with Crippen molar-refractivity contribution in [2.24, 2.45) is 0 Å².